The Morgan fingerprint density at radius 3 is 1.94 bits per heavy atom. The number of nitrogen functional groups attached to an aromatic ring is 1. The van der Waals surface area contributed by atoms with Crippen LogP contribution in [-0.4, -0.2) is 43.0 Å². The van der Waals surface area contributed by atoms with Gasteiger partial charge in [-0.25, -0.2) is 0 Å². The Balaban J connectivity index is 1.55. The van der Waals surface area contributed by atoms with Crippen molar-refractivity contribution in [2.75, 3.05) is 36.8 Å². The van der Waals surface area contributed by atoms with Crippen molar-refractivity contribution >= 4 is 17.3 Å². The van der Waals surface area contributed by atoms with Crippen molar-refractivity contribution in [2.24, 2.45) is 0 Å². The molecule has 5 heteroatoms. The van der Waals surface area contributed by atoms with Crippen molar-refractivity contribution in [3.05, 3.63) is 95.6 Å². The second-order valence-corrected chi connectivity index (χ2v) is 8.65. The SMILES string of the molecule is CC(C)NC(=O)c1cc(N)ccc1N1CCN(C(c2ccccc2)c2ccccc2)CC1. The highest BCUT2D eigenvalue weighted by Gasteiger charge is 2.28. The van der Waals surface area contributed by atoms with Gasteiger partial charge in [0.2, 0.25) is 0 Å². The molecule has 0 atom stereocenters. The highest BCUT2D eigenvalue weighted by atomic mass is 16.1. The summed E-state index contributed by atoms with van der Waals surface area (Å²) in [6.45, 7) is 7.45. The number of amides is 1. The Labute approximate surface area is 190 Å². The van der Waals surface area contributed by atoms with Crippen LogP contribution in [0.4, 0.5) is 11.4 Å². The Bertz CT molecular complexity index is 989. The molecule has 0 unspecified atom stereocenters. The van der Waals surface area contributed by atoms with Crippen LogP contribution in [0.5, 0.6) is 0 Å². The fourth-order valence-electron chi connectivity index (χ4n) is 4.46. The van der Waals surface area contributed by atoms with E-state index in [-0.39, 0.29) is 18.0 Å². The molecule has 3 aromatic rings. The van der Waals surface area contributed by atoms with Gasteiger partial charge < -0.3 is 16.0 Å². The van der Waals surface area contributed by atoms with E-state index in [2.05, 4.69) is 75.8 Å². The minimum atomic E-state index is -0.0730. The molecule has 3 aromatic carbocycles. The van der Waals surface area contributed by atoms with Crippen molar-refractivity contribution in [3.63, 3.8) is 0 Å². The highest BCUT2D eigenvalue weighted by molar-refractivity contribution is 6.00. The van der Waals surface area contributed by atoms with Crippen molar-refractivity contribution in [3.8, 4) is 0 Å². The summed E-state index contributed by atoms with van der Waals surface area (Å²) in [7, 11) is 0. The molecule has 0 spiro atoms. The number of piperazine rings is 1. The van der Waals surface area contributed by atoms with Gasteiger partial charge in [0.05, 0.1) is 11.6 Å². The first-order chi connectivity index (χ1) is 15.5. The van der Waals surface area contributed by atoms with Gasteiger partial charge in [0.15, 0.2) is 0 Å². The summed E-state index contributed by atoms with van der Waals surface area (Å²) < 4.78 is 0. The third-order valence-corrected chi connectivity index (χ3v) is 5.94. The summed E-state index contributed by atoms with van der Waals surface area (Å²) in [5.74, 6) is -0.0730. The predicted octanol–water partition coefficient (Wildman–Crippen LogP) is 4.32. The Morgan fingerprint density at radius 1 is 0.844 bits per heavy atom. The van der Waals surface area contributed by atoms with Crippen LogP contribution in [0.25, 0.3) is 0 Å². The van der Waals surface area contributed by atoms with Crippen LogP contribution in [-0.2, 0) is 0 Å². The van der Waals surface area contributed by atoms with E-state index in [1.54, 1.807) is 6.07 Å². The van der Waals surface area contributed by atoms with Gasteiger partial charge in [-0.15, -0.1) is 0 Å². The number of anilines is 2. The molecule has 1 heterocycles. The molecule has 5 nitrogen and oxygen atoms in total. The fourth-order valence-corrected chi connectivity index (χ4v) is 4.46. The van der Waals surface area contributed by atoms with E-state index in [0.29, 0.717) is 11.3 Å². The Morgan fingerprint density at radius 2 is 1.41 bits per heavy atom. The second kappa shape index (κ2) is 9.88. The van der Waals surface area contributed by atoms with E-state index < -0.39 is 0 Å². The average Bonchev–Trinajstić information content (AvgIpc) is 2.81. The second-order valence-electron chi connectivity index (χ2n) is 8.65. The first-order valence-corrected chi connectivity index (χ1v) is 11.3. The molecular formula is C27H32N4O. The normalized spacial score (nSPS) is 14.7. The van der Waals surface area contributed by atoms with Crippen LogP contribution in [0.15, 0.2) is 78.9 Å². The Kier molecular flexibility index (Phi) is 6.76. The van der Waals surface area contributed by atoms with Crippen LogP contribution in [0.1, 0.15) is 41.4 Å². The summed E-state index contributed by atoms with van der Waals surface area (Å²) in [4.78, 5) is 17.6. The van der Waals surface area contributed by atoms with Gasteiger partial charge in [-0.1, -0.05) is 60.7 Å². The lowest BCUT2D eigenvalue weighted by atomic mass is 9.96. The lowest BCUT2D eigenvalue weighted by Crippen LogP contribution is -2.48. The van der Waals surface area contributed by atoms with E-state index in [1.807, 2.05) is 26.0 Å². The third kappa shape index (κ3) is 4.94. The maximum Gasteiger partial charge on any atom is 0.253 e. The minimum Gasteiger partial charge on any atom is -0.399 e. The number of benzene rings is 3. The van der Waals surface area contributed by atoms with Crippen LogP contribution < -0.4 is 16.0 Å². The molecule has 1 aliphatic heterocycles. The molecular weight excluding hydrogens is 396 g/mol. The van der Waals surface area contributed by atoms with Gasteiger partial charge in [-0.3, -0.25) is 9.69 Å². The zero-order chi connectivity index (χ0) is 22.5. The van der Waals surface area contributed by atoms with Crippen molar-refractivity contribution in [2.45, 2.75) is 25.9 Å². The largest absolute Gasteiger partial charge is 0.399 e. The molecule has 3 N–H and O–H groups in total. The highest BCUT2D eigenvalue weighted by Crippen LogP contribution is 2.31. The maximum absolute atomic E-state index is 12.8. The van der Waals surface area contributed by atoms with Gasteiger partial charge in [-0.05, 0) is 43.2 Å². The summed E-state index contributed by atoms with van der Waals surface area (Å²) in [5.41, 5.74) is 10.8. The molecule has 1 saturated heterocycles. The number of carbonyl (C=O) groups excluding carboxylic acids is 1. The number of nitrogens with two attached hydrogens (primary N) is 1. The molecule has 1 fully saturated rings. The van der Waals surface area contributed by atoms with Gasteiger partial charge in [0, 0.05) is 43.6 Å². The first kappa shape index (κ1) is 21.9. The number of carbonyl (C=O) groups is 1. The zero-order valence-corrected chi connectivity index (χ0v) is 18.9. The third-order valence-electron chi connectivity index (χ3n) is 5.94. The van der Waals surface area contributed by atoms with E-state index >= 15 is 0 Å². The molecule has 0 bridgehead atoms. The molecule has 1 amide bonds. The number of hydrogen-bond donors (Lipinski definition) is 2. The van der Waals surface area contributed by atoms with Gasteiger partial charge in [0.1, 0.15) is 0 Å². The minimum absolute atomic E-state index is 0.0730. The van der Waals surface area contributed by atoms with Crippen molar-refractivity contribution < 1.29 is 4.79 Å². The van der Waals surface area contributed by atoms with Crippen LogP contribution in [0.2, 0.25) is 0 Å². The van der Waals surface area contributed by atoms with Crippen molar-refractivity contribution in [1.29, 1.82) is 0 Å². The molecule has 32 heavy (non-hydrogen) atoms. The van der Waals surface area contributed by atoms with E-state index in [9.17, 15) is 4.79 Å². The number of rotatable bonds is 6. The van der Waals surface area contributed by atoms with E-state index in [4.69, 9.17) is 5.73 Å². The molecule has 0 aliphatic carbocycles. The lowest BCUT2D eigenvalue weighted by Gasteiger charge is -2.41. The van der Waals surface area contributed by atoms with Crippen LogP contribution >= 0.6 is 0 Å². The molecule has 166 valence electrons. The molecule has 0 saturated carbocycles. The lowest BCUT2D eigenvalue weighted by molar-refractivity contribution is 0.0943. The summed E-state index contributed by atoms with van der Waals surface area (Å²) in [6.07, 6.45) is 0. The average molecular weight is 429 g/mol. The molecule has 1 aliphatic rings. The number of nitrogens with zero attached hydrogens (tertiary/aromatic N) is 2. The fraction of sp³-hybridized carbons (Fsp3) is 0.296. The van der Waals surface area contributed by atoms with E-state index in [1.165, 1.54) is 11.1 Å². The Hall–Kier alpha value is -3.31. The summed E-state index contributed by atoms with van der Waals surface area (Å²) in [6, 6.07) is 27.3. The van der Waals surface area contributed by atoms with Gasteiger partial charge in [-0.2, -0.15) is 0 Å². The molecule has 4 rings (SSSR count). The molecule has 0 radical (unpaired) electrons. The van der Waals surface area contributed by atoms with E-state index in [0.717, 1.165) is 31.9 Å². The quantitative estimate of drug-likeness (QED) is 0.574. The topological polar surface area (TPSA) is 61.6 Å². The predicted molar refractivity (Wildman–Crippen MR) is 132 cm³/mol. The van der Waals surface area contributed by atoms with Gasteiger partial charge in [0.25, 0.3) is 5.91 Å². The first-order valence-electron chi connectivity index (χ1n) is 11.3. The zero-order valence-electron chi connectivity index (χ0n) is 18.9. The monoisotopic (exact) mass is 428 g/mol. The standard InChI is InChI=1S/C27H32N4O/c1-20(2)29-27(32)24-19-23(28)13-14-25(24)30-15-17-31(18-16-30)26(21-9-5-3-6-10-21)22-11-7-4-8-12-22/h3-14,19-20,26H,15-18,28H2,1-2H3,(H,29,32). The number of nitrogens with one attached hydrogen (secondary N) is 1. The maximum atomic E-state index is 12.8. The van der Waals surface area contributed by atoms with Gasteiger partial charge >= 0.3 is 0 Å². The smallest absolute Gasteiger partial charge is 0.253 e. The summed E-state index contributed by atoms with van der Waals surface area (Å²) >= 11 is 0. The molecule has 0 aromatic heterocycles. The van der Waals surface area contributed by atoms with Crippen LogP contribution in [0.3, 0.4) is 0 Å². The number of hydrogen-bond acceptors (Lipinski definition) is 4. The van der Waals surface area contributed by atoms with Crippen molar-refractivity contribution in [1.82, 2.24) is 10.2 Å². The van der Waals surface area contributed by atoms with Crippen LogP contribution in [0, 0.1) is 0 Å². The summed E-state index contributed by atoms with van der Waals surface area (Å²) in [5, 5.41) is 3.00.